The van der Waals surface area contributed by atoms with E-state index in [0.29, 0.717) is 6.54 Å². The third kappa shape index (κ3) is 2.35. The lowest BCUT2D eigenvalue weighted by Gasteiger charge is -2.30. The molecule has 70 valence electrons. The van der Waals surface area contributed by atoms with Crippen molar-refractivity contribution in [2.45, 2.75) is 18.6 Å². The summed E-state index contributed by atoms with van der Waals surface area (Å²) in [5.74, 6) is 0. The van der Waals surface area contributed by atoms with Gasteiger partial charge in [-0.1, -0.05) is 0 Å². The molecule has 3 N–H and O–H groups in total. The summed E-state index contributed by atoms with van der Waals surface area (Å²) >= 11 is 0. The van der Waals surface area contributed by atoms with Gasteiger partial charge in [-0.2, -0.15) is 0 Å². The highest BCUT2D eigenvalue weighted by atomic mass is 16.5. The predicted molar refractivity (Wildman–Crippen MR) is 43.2 cm³/mol. The molecule has 5 heteroatoms. The maximum absolute atomic E-state index is 10.3. The molecule has 12 heavy (non-hydrogen) atoms. The lowest BCUT2D eigenvalue weighted by atomic mass is 10.0. The smallest absolute Gasteiger partial charge is 0.404 e. The molecule has 2 atom stereocenters. The fraction of sp³-hybridized carbons (Fsp3) is 0.857. The molecule has 0 saturated carbocycles. The Labute approximate surface area is 71.1 Å². The molecule has 1 fully saturated rings. The van der Waals surface area contributed by atoms with Crippen LogP contribution in [0.4, 0.5) is 4.79 Å². The predicted octanol–water partition coefficient (Wildman–Crippen LogP) is -0.369. The Morgan fingerprint density at radius 3 is 3.08 bits per heavy atom. The van der Waals surface area contributed by atoms with Crippen LogP contribution in [0, 0.1) is 0 Å². The van der Waals surface area contributed by atoms with Gasteiger partial charge in [0, 0.05) is 13.7 Å². The van der Waals surface area contributed by atoms with Crippen molar-refractivity contribution in [2.75, 3.05) is 20.2 Å². The first-order chi connectivity index (χ1) is 5.74. The van der Waals surface area contributed by atoms with E-state index < -0.39 is 6.09 Å². The fourth-order valence-electron chi connectivity index (χ4n) is 1.40. The molecule has 1 aliphatic rings. The van der Waals surface area contributed by atoms with Gasteiger partial charge in [0.2, 0.25) is 0 Å². The SMILES string of the molecule is CO[C@H]1CNCC[C@H]1NC(=O)O. The number of piperidine rings is 1. The van der Waals surface area contributed by atoms with E-state index >= 15 is 0 Å². The van der Waals surface area contributed by atoms with Crippen LogP contribution in [0.1, 0.15) is 6.42 Å². The van der Waals surface area contributed by atoms with E-state index in [0.717, 1.165) is 13.0 Å². The zero-order chi connectivity index (χ0) is 8.97. The van der Waals surface area contributed by atoms with Crippen molar-refractivity contribution in [3.05, 3.63) is 0 Å². The Balaban J connectivity index is 2.41. The lowest BCUT2D eigenvalue weighted by Crippen LogP contribution is -2.53. The van der Waals surface area contributed by atoms with Gasteiger partial charge in [0.15, 0.2) is 0 Å². The second-order valence-corrected chi connectivity index (χ2v) is 2.82. The molecule has 0 spiro atoms. The summed E-state index contributed by atoms with van der Waals surface area (Å²) < 4.78 is 5.12. The monoisotopic (exact) mass is 174 g/mol. The van der Waals surface area contributed by atoms with Gasteiger partial charge in [-0.05, 0) is 13.0 Å². The van der Waals surface area contributed by atoms with Crippen molar-refractivity contribution < 1.29 is 14.6 Å². The molecule has 1 amide bonds. The van der Waals surface area contributed by atoms with E-state index in [1.807, 2.05) is 0 Å². The summed E-state index contributed by atoms with van der Waals surface area (Å²) in [5, 5.41) is 14.1. The Bertz CT molecular complexity index is 163. The van der Waals surface area contributed by atoms with Gasteiger partial charge in [-0.3, -0.25) is 0 Å². The van der Waals surface area contributed by atoms with Crippen LogP contribution in [0.3, 0.4) is 0 Å². The van der Waals surface area contributed by atoms with Gasteiger partial charge < -0.3 is 20.5 Å². The van der Waals surface area contributed by atoms with Crippen LogP contribution in [-0.2, 0) is 4.74 Å². The Hall–Kier alpha value is -0.810. The lowest BCUT2D eigenvalue weighted by molar-refractivity contribution is 0.0517. The molecule has 1 rings (SSSR count). The average Bonchev–Trinajstić information content (AvgIpc) is 2.04. The van der Waals surface area contributed by atoms with Crippen molar-refractivity contribution in [1.29, 1.82) is 0 Å². The van der Waals surface area contributed by atoms with E-state index in [1.54, 1.807) is 7.11 Å². The van der Waals surface area contributed by atoms with Crippen molar-refractivity contribution in [2.24, 2.45) is 0 Å². The maximum Gasteiger partial charge on any atom is 0.404 e. The minimum atomic E-state index is -0.982. The molecule has 0 unspecified atom stereocenters. The number of nitrogens with one attached hydrogen (secondary N) is 2. The summed E-state index contributed by atoms with van der Waals surface area (Å²) in [4.78, 5) is 10.3. The Kier molecular flexibility index (Phi) is 3.31. The molecule has 1 saturated heterocycles. The number of methoxy groups -OCH3 is 1. The fourth-order valence-corrected chi connectivity index (χ4v) is 1.40. The second kappa shape index (κ2) is 4.27. The number of hydrogen-bond acceptors (Lipinski definition) is 3. The van der Waals surface area contributed by atoms with Crippen LogP contribution in [0.5, 0.6) is 0 Å². The first kappa shape index (κ1) is 9.28. The number of hydrogen-bond donors (Lipinski definition) is 3. The molecule has 0 aromatic rings. The van der Waals surface area contributed by atoms with E-state index in [-0.39, 0.29) is 12.1 Å². The quantitative estimate of drug-likeness (QED) is 0.534. The summed E-state index contributed by atoms with van der Waals surface area (Å²) in [6.45, 7) is 1.55. The van der Waals surface area contributed by atoms with Crippen molar-refractivity contribution >= 4 is 6.09 Å². The van der Waals surface area contributed by atoms with Crippen LogP contribution in [0.25, 0.3) is 0 Å². The number of amides is 1. The van der Waals surface area contributed by atoms with Crippen LogP contribution in [0.2, 0.25) is 0 Å². The third-order valence-electron chi connectivity index (χ3n) is 2.04. The number of carboxylic acid groups (broad SMARTS) is 1. The van der Waals surface area contributed by atoms with Crippen LogP contribution < -0.4 is 10.6 Å². The minimum absolute atomic E-state index is 0.0464. The second-order valence-electron chi connectivity index (χ2n) is 2.82. The van der Waals surface area contributed by atoms with E-state index in [1.165, 1.54) is 0 Å². The van der Waals surface area contributed by atoms with Gasteiger partial charge in [0.25, 0.3) is 0 Å². The largest absolute Gasteiger partial charge is 0.465 e. The van der Waals surface area contributed by atoms with E-state index in [9.17, 15) is 4.79 Å². The van der Waals surface area contributed by atoms with E-state index in [2.05, 4.69) is 10.6 Å². The zero-order valence-electron chi connectivity index (χ0n) is 7.04. The Morgan fingerprint density at radius 1 is 1.75 bits per heavy atom. The Morgan fingerprint density at radius 2 is 2.50 bits per heavy atom. The molecule has 0 radical (unpaired) electrons. The summed E-state index contributed by atoms with van der Waals surface area (Å²) in [5.41, 5.74) is 0. The maximum atomic E-state index is 10.3. The van der Waals surface area contributed by atoms with Crippen molar-refractivity contribution in [3.63, 3.8) is 0 Å². The molecule has 0 aliphatic carbocycles. The summed E-state index contributed by atoms with van der Waals surface area (Å²) in [6.07, 6.45) is -0.246. The highest BCUT2D eigenvalue weighted by Crippen LogP contribution is 2.06. The molecule has 5 nitrogen and oxygen atoms in total. The van der Waals surface area contributed by atoms with Crippen LogP contribution >= 0.6 is 0 Å². The first-order valence-corrected chi connectivity index (χ1v) is 3.97. The van der Waals surface area contributed by atoms with Crippen LogP contribution in [-0.4, -0.2) is 43.5 Å². The van der Waals surface area contributed by atoms with Gasteiger partial charge >= 0.3 is 6.09 Å². The normalized spacial score (nSPS) is 29.8. The molecular weight excluding hydrogens is 160 g/mol. The van der Waals surface area contributed by atoms with Crippen LogP contribution in [0.15, 0.2) is 0 Å². The molecular formula is C7H14N2O3. The first-order valence-electron chi connectivity index (χ1n) is 3.97. The molecule has 1 aliphatic heterocycles. The van der Waals surface area contributed by atoms with Crippen molar-refractivity contribution in [3.8, 4) is 0 Å². The molecule has 0 aromatic carbocycles. The topological polar surface area (TPSA) is 70.6 Å². The average molecular weight is 174 g/mol. The van der Waals surface area contributed by atoms with Gasteiger partial charge in [-0.15, -0.1) is 0 Å². The molecule has 0 bridgehead atoms. The highest BCUT2D eigenvalue weighted by molar-refractivity contribution is 5.64. The number of rotatable bonds is 2. The van der Waals surface area contributed by atoms with Gasteiger partial charge in [0.1, 0.15) is 0 Å². The highest BCUT2D eigenvalue weighted by Gasteiger charge is 2.25. The third-order valence-corrected chi connectivity index (χ3v) is 2.04. The summed E-state index contributed by atoms with van der Waals surface area (Å²) in [6, 6.07) is -0.0752. The van der Waals surface area contributed by atoms with Gasteiger partial charge in [0.05, 0.1) is 12.1 Å². The number of carbonyl (C=O) groups is 1. The van der Waals surface area contributed by atoms with E-state index in [4.69, 9.17) is 9.84 Å². The minimum Gasteiger partial charge on any atom is -0.465 e. The number of ether oxygens (including phenoxy) is 1. The molecule has 1 heterocycles. The molecule has 0 aromatic heterocycles. The standard InChI is InChI=1S/C7H14N2O3/c1-12-6-4-8-3-2-5(6)9-7(10)11/h5-6,8-9H,2-4H2,1H3,(H,10,11)/t5-,6+/m1/s1. The van der Waals surface area contributed by atoms with Crippen molar-refractivity contribution in [1.82, 2.24) is 10.6 Å². The zero-order valence-corrected chi connectivity index (χ0v) is 7.04. The van der Waals surface area contributed by atoms with Gasteiger partial charge in [-0.25, -0.2) is 4.79 Å². The summed E-state index contributed by atoms with van der Waals surface area (Å²) in [7, 11) is 1.59.